The smallest absolute Gasteiger partial charge is 0.0406 e. The number of hydrogen-bond acceptors (Lipinski definition) is 2. The lowest BCUT2D eigenvalue weighted by atomic mass is 9.95. The molecule has 1 aromatic rings. The molecule has 3 heteroatoms. The Morgan fingerprint density at radius 3 is 2.70 bits per heavy atom. The van der Waals surface area contributed by atoms with Gasteiger partial charge in [-0.05, 0) is 73.8 Å². The van der Waals surface area contributed by atoms with Gasteiger partial charge in [-0.25, -0.2) is 0 Å². The summed E-state index contributed by atoms with van der Waals surface area (Å²) in [6, 6.07) is 9.18. The maximum Gasteiger partial charge on any atom is 0.0406 e. The van der Waals surface area contributed by atoms with E-state index in [1.54, 1.807) is 0 Å². The van der Waals surface area contributed by atoms with Crippen LogP contribution in [0.5, 0.6) is 0 Å². The summed E-state index contributed by atoms with van der Waals surface area (Å²) >= 11 is 8.02. The van der Waals surface area contributed by atoms with Gasteiger partial charge in [0.2, 0.25) is 0 Å². The summed E-state index contributed by atoms with van der Waals surface area (Å²) in [5.41, 5.74) is 1.42. The van der Waals surface area contributed by atoms with Crippen LogP contribution in [-0.2, 0) is 6.42 Å². The highest BCUT2D eigenvalue weighted by Gasteiger charge is 2.21. The fourth-order valence-corrected chi connectivity index (χ4v) is 3.25. The first-order chi connectivity index (χ1) is 9.78. The number of rotatable bonds is 10. The molecule has 1 aliphatic carbocycles. The van der Waals surface area contributed by atoms with Crippen molar-refractivity contribution in [3.05, 3.63) is 34.9 Å². The Labute approximate surface area is 132 Å². The van der Waals surface area contributed by atoms with Gasteiger partial charge in [-0.2, -0.15) is 11.8 Å². The zero-order chi connectivity index (χ0) is 14.2. The van der Waals surface area contributed by atoms with Gasteiger partial charge in [0.1, 0.15) is 0 Å². The zero-order valence-corrected chi connectivity index (χ0v) is 14.0. The fourth-order valence-electron chi connectivity index (χ4n) is 2.47. The number of thioether (sulfide) groups is 1. The summed E-state index contributed by atoms with van der Waals surface area (Å²) in [7, 11) is 0. The second-order valence-electron chi connectivity index (χ2n) is 5.72. The minimum atomic E-state index is 0.759. The molecule has 20 heavy (non-hydrogen) atoms. The van der Waals surface area contributed by atoms with E-state index in [0.717, 1.165) is 17.0 Å². The lowest BCUT2D eigenvalue weighted by Crippen LogP contribution is -2.26. The maximum absolute atomic E-state index is 5.96. The summed E-state index contributed by atoms with van der Waals surface area (Å²) in [5, 5.41) is 4.53. The Bertz CT molecular complexity index is 375. The minimum absolute atomic E-state index is 0.759. The van der Waals surface area contributed by atoms with Crippen molar-refractivity contribution >= 4 is 23.4 Å². The van der Waals surface area contributed by atoms with Crippen LogP contribution in [0.1, 0.15) is 38.2 Å². The molecule has 0 radical (unpaired) electrons. The van der Waals surface area contributed by atoms with E-state index in [9.17, 15) is 0 Å². The molecule has 1 unspecified atom stereocenters. The second-order valence-corrected chi connectivity index (χ2v) is 7.55. The van der Waals surface area contributed by atoms with Crippen LogP contribution in [0.15, 0.2) is 24.3 Å². The van der Waals surface area contributed by atoms with Gasteiger partial charge in [-0.3, -0.25) is 0 Å². The summed E-state index contributed by atoms with van der Waals surface area (Å²) < 4.78 is 0. The van der Waals surface area contributed by atoms with E-state index in [2.05, 4.69) is 36.1 Å². The van der Waals surface area contributed by atoms with Gasteiger partial charge in [-0.15, -0.1) is 0 Å². The molecular formula is C17H26ClNS. The molecule has 1 nitrogen and oxygen atoms in total. The third-order valence-electron chi connectivity index (χ3n) is 3.82. The Morgan fingerprint density at radius 1 is 1.30 bits per heavy atom. The molecule has 1 aromatic carbocycles. The molecule has 0 amide bonds. The number of nitrogens with one attached hydrogen (secondary N) is 1. The Hall–Kier alpha value is -0.180. The van der Waals surface area contributed by atoms with Crippen molar-refractivity contribution < 1.29 is 0 Å². The van der Waals surface area contributed by atoms with Crippen LogP contribution in [0.2, 0.25) is 5.02 Å². The molecule has 1 N–H and O–H groups in total. The van der Waals surface area contributed by atoms with E-state index in [0.29, 0.717) is 0 Å². The number of benzene rings is 1. The van der Waals surface area contributed by atoms with Crippen LogP contribution in [0.25, 0.3) is 0 Å². The molecule has 0 aliphatic heterocycles. The maximum atomic E-state index is 5.96. The predicted octanol–water partition coefficient (Wildman–Crippen LogP) is 4.78. The first kappa shape index (κ1) is 16.2. The van der Waals surface area contributed by atoms with Crippen molar-refractivity contribution in [1.29, 1.82) is 0 Å². The Balaban J connectivity index is 1.78. The van der Waals surface area contributed by atoms with Crippen LogP contribution in [-0.4, -0.2) is 24.1 Å². The average Bonchev–Trinajstić information content (AvgIpc) is 3.27. The summed E-state index contributed by atoms with van der Waals surface area (Å²) in [5.74, 6) is 3.30. The van der Waals surface area contributed by atoms with Crippen LogP contribution >= 0.6 is 23.4 Å². The second kappa shape index (κ2) is 8.96. The van der Waals surface area contributed by atoms with Crippen molar-refractivity contribution in [3.63, 3.8) is 0 Å². The molecular weight excluding hydrogens is 286 g/mol. The first-order valence-electron chi connectivity index (χ1n) is 7.83. The monoisotopic (exact) mass is 311 g/mol. The Kier molecular flexibility index (Phi) is 7.26. The van der Waals surface area contributed by atoms with Crippen molar-refractivity contribution in [2.45, 2.75) is 45.1 Å². The van der Waals surface area contributed by atoms with Gasteiger partial charge < -0.3 is 5.32 Å². The van der Waals surface area contributed by atoms with Gasteiger partial charge >= 0.3 is 0 Å². The van der Waals surface area contributed by atoms with Crippen molar-refractivity contribution in [2.75, 3.05) is 18.1 Å². The van der Waals surface area contributed by atoms with E-state index >= 15 is 0 Å². The lowest BCUT2D eigenvalue weighted by Gasteiger charge is -2.18. The molecule has 0 spiro atoms. The molecule has 0 saturated heterocycles. The van der Waals surface area contributed by atoms with Crippen LogP contribution < -0.4 is 5.32 Å². The number of halogens is 1. The van der Waals surface area contributed by atoms with E-state index in [-0.39, 0.29) is 0 Å². The molecule has 1 aliphatic rings. The summed E-state index contributed by atoms with van der Waals surface area (Å²) in [6.07, 6.45) is 6.59. The molecule has 1 fully saturated rings. The molecule has 2 rings (SSSR count). The molecule has 112 valence electrons. The average molecular weight is 312 g/mol. The van der Waals surface area contributed by atoms with Gasteiger partial charge in [0, 0.05) is 11.1 Å². The SMILES string of the molecule is CCSCCCC(CNC1CC1)Cc1ccc(Cl)cc1. The predicted molar refractivity (Wildman–Crippen MR) is 91.9 cm³/mol. The van der Waals surface area contributed by atoms with Gasteiger partial charge in [0.25, 0.3) is 0 Å². The summed E-state index contributed by atoms with van der Waals surface area (Å²) in [4.78, 5) is 0. The van der Waals surface area contributed by atoms with Gasteiger partial charge in [0.05, 0.1) is 0 Å². The van der Waals surface area contributed by atoms with E-state index in [1.165, 1.54) is 55.7 Å². The quantitative estimate of drug-likeness (QED) is 0.624. The topological polar surface area (TPSA) is 12.0 Å². The molecule has 1 atom stereocenters. The summed E-state index contributed by atoms with van der Waals surface area (Å²) in [6.45, 7) is 3.41. The third-order valence-corrected chi connectivity index (χ3v) is 5.05. The molecule has 0 heterocycles. The molecule has 1 saturated carbocycles. The number of hydrogen-bond donors (Lipinski definition) is 1. The molecule has 0 aromatic heterocycles. The first-order valence-corrected chi connectivity index (χ1v) is 9.36. The van der Waals surface area contributed by atoms with Crippen LogP contribution in [0, 0.1) is 5.92 Å². The van der Waals surface area contributed by atoms with Crippen LogP contribution in [0.3, 0.4) is 0 Å². The highest BCUT2D eigenvalue weighted by molar-refractivity contribution is 7.99. The minimum Gasteiger partial charge on any atom is -0.314 e. The highest BCUT2D eigenvalue weighted by Crippen LogP contribution is 2.22. The van der Waals surface area contributed by atoms with E-state index in [1.807, 2.05) is 12.1 Å². The zero-order valence-electron chi connectivity index (χ0n) is 12.4. The normalized spacial score (nSPS) is 16.3. The van der Waals surface area contributed by atoms with E-state index < -0.39 is 0 Å². The molecule has 0 bridgehead atoms. The standard InChI is InChI=1S/C17H26ClNS/c1-2-20-11-3-4-15(13-19-17-9-10-17)12-14-5-7-16(18)8-6-14/h5-8,15,17,19H,2-4,9-13H2,1H3. The Morgan fingerprint density at radius 2 is 2.05 bits per heavy atom. The van der Waals surface area contributed by atoms with Gasteiger partial charge in [-0.1, -0.05) is 30.7 Å². The third kappa shape index (κ3) is 6.51. The van der Waals surface area contributed by atoms with Crippen LogP contribution in [0.4, 0.5) is 0 Å². The van der Waals surface area contributed by atoms with Gasteiger partial charge in [0.15, 0.2) is 0 Å². The van der Waals surface area contributed by atoms with E-state index in [4.69, 9.17) is 11.6 Å². The lowest BCUT2D eigenvalue weighted by molar-refractivity contribution is 0.438. The van der Waals surface area contributed by atoms with Crippen molar-refractivity contribution in [1.82, 2.24) is 5.32 Å². The largest absolute Gasteiger partial charge is 0.314 e. The highest BCUT2D eigenvalue weighted by atomic mass is 35.5. The fraction of sp³-hybridized carbons (Fsp3) is 0.647. The van der Waals surface area contributed by atoms with Crippen molar-refractivity contribution in [3.8, 4) is 0 Å². The van der Waals surface area contributed by atoms with Crippen molar-refractivity contribution in [2.24, 2.45) is 5.92 Å².